The average molecular weight is 492 g/mol. The van der Waals surface area contributed by atoms with Gasteiger partial charge in [0.1, 0.15) is 6.54 Å². The highest BCUT2D eigenvalue weighted by atomic mass is 19.4. The number of benzene rings is 1. The van der Waals surface area contributed by atoms with Gasteiger partial charge in [-0.05, 0) is 44.5 Å². The molecule has 4 rings (SSSR count). The maximum absolute atomic E-state index is 13.5. The summed E-state index contributed by atoms with van der Waals surface area (Å²) < 4.78 is 68.6. The Kier molecular flexibility index (Phi) is 6.30. The number of carbonyl (C=O) groups excluding carboxylic acids is 1. The van der Waals surface area contributed by atoms with Crippen LogP contribution >= 0.6 is 0 Å². The van der Waals surface area contributed by atoms with E-state index in [1.807, 2.05) is 0 Å². The second-order valence-electron chi connectivity index (χ2n) is 8.17. The number of anilines is 1. The van der Waals surface area contributed by atoms with Crippen LogP contribution in [0.5, 0.6) is 0 Å². The van der Waals surface area contributed by atoms with Crippen LogP contribution in [0.4, 0.5) is 27.8 Å². The Morgan fingerprint density at radius 3 is 2.49 bits per heavy atom. The molecule has 35 heavy (non-hydrogen) atoms. The standard InChI is InChI=1S/C23H21F5N6O/c1-12-7-17(21(24)25)20-14(3)31-34(22(20)29-12)11-19(35)30-18-8-13(2)33(32-18)10-15-5-4-6-16(9-15)23(26,27)28/h4-9,21H,10-11H2,1-3H3,(H,30,32,35). The molecule has 0 unspecified atom stereocenters. The van der Waals surface area contributed by atoms with E-state index < -0.39 is 24.1 Å². The molecule has 4 aromatic rings. The summed E-state index contributed by atoms with van der Waals surface area (Å²) in [6.07, 6.45) is -7.17. The Balaban J connectivity index is 1.51. The van der Waals surface area contributed by atoms with E-state index in [-0.39, 0.29) is 35.5 Å². The molecule has 0 atom stereocenters. The lowest BCUT2D eigenvalue weighted by atomic mass is 10.1. The minimum atomic E-state index is -4.45. The van der Waals surface area contributed by atoms with Crippen molar-refractivity contribution in [2.24, 2.45) is 0 Å². The van der Waals surface area contributed by atoms with Gasteiger partial charge in [0.15, 0.2) is 11.5 Å². The van der Waals surface area contributed by atoms with Crippen molar-refractivity contribution in [1.82, 2.24) is 24.5 Å². The molecular weight excluding hydrogens is 471 g/mol. The van der Waals surface area contributed by atoms with Crippen LogP contribution in [-0.4, -0.2) is 30.5 Å². The molecular formula is C23H21F5N6O. The average Bonchev–Trinajstić information content (AvgIpc) is 3.25. The van der Waals surface area contributed by atoms with Crippen molar-refractivity contribution in [3.63, 3.8) is 0 Å². The summed E-state index contributed by atoms with van der Waals surface area (Å²) in [5.41, 5.74) is 0.958. The molecule has 1 N–H and O–H groups in total. The van der Waals surface area contributed by atoms with Crippen LogP contribution in [0.3, 0.4) is 0 Å². The largest absolute Gasteiger partial charge is 0.416 e. The Labute approximate surface area is 196 Å². The number of pyridine rings is 1. The molecule has 12 heteroatoms. The minimum absolute atomic E-state index is 0.0776. The molecule has 0 bridgehead atoms. The normalized spacial score (nSPS) is 12.0. The summed E-state index contributed by atoms with van der Waals surface area (Å²) in [6.45, 7) is 4.65. The molecule has 3 heterocycles. The third-order valence-corrected chi connectivity index (χ3v) is 5.40. The Hall–Kier alpha value is -3.83. The van der Waals surface area contributed by atoms with Crippen LogP contribution in [-0.2, 0) is 24.1 Å². The number of nitrogens with zero attached hydrogens (tertiary/aromatic N) is 5. The number of hydrogen-bond donors (Lipinski definition) is 1. The van der Waals surface area contributed by atoms with Gasteiger partial charge in [-0.25, -0.2) is 18.4 Å². The van der Waals surface area contributed by atoms with Crippen LogP contribution in [0, 0.1) is 20.8 Å². The van der Waals surface area contributed by atoms with Crippen molar-refractivity contribution >= 4 is 22.8 Å². The van der Waals surface area contributed by atoms with Gasteiger partial charge >= 0.3 is 6.18 Å². The van der Waals surface area contributed by atoms with E-state index in [0.29, 0.717) is 22.6 Å². The van der Waals surface area contributed by atoms with Crippen LogP contribution < -0.4 is 5.32 Å². The Morgan fingerprint density at radius 2 is 1.80 bits per heavy atom. The first-order valence-electron chi connectivity index (χ1n) is 10.6. The number of fused-ring (bicyclic) bond motifs is 1. The first-order chi connectivity index (χ1) is 16.4. The lowest BCUT2D eigenvalue weighted by molar-refractivity contribution is -0.137. The first-order valence-corrected chi connectivity index (χ1v) is 10.6. The fourth-order valence-corrected chi connectivity index (χ4v) is 3.87. The maximum atomic E-state index is 13.5. The van der Waals surface area contributed by atoms with Gasteiger partial charge in [-0.2, -0.15) is 23.4 Å². The second-order valence-corrected chi connectivity index (χ2v) is 8.17. The topological polar surface area (TPSA) is 77.6 Å². The molecule has 0 spiro atoms. The molecule has 3 aromatic heterocycles. The zero-order chi connectivity index (χ0) is 25.5. The lowest BCUT2D eigenvalue weighted by Crippen LogP contribution is -2.20. The first kappa shape index (κ1) is 24.3. The summed E-state index contributed by atoms with van der Waals surface area (Å²) in [5.74, 6) is -0.315. The fraction of sp³-hybridized carbons (Fsp3) is 0.304. The summed E-state index contributed by atoms with van der Waals surface area (Å²) in [5, 5.41) is 11.3. The highest BCUT2D eigenvalue weighted by Crippen LogP contribution is 2.31. The van der Waals surface area contributed by atoms with Crippen LogP contribution in [0.15, 0.2) is 36.4 Å². The van der Waals surface area contributed by atoms with Crippen molar-refractivity contribution in [3.8, 4) is 0 Å². The van der Waals surface area contributed by atoms with E-state index in [9.17, 15) is 26.7 Å². The fourth-order valence-electron chi connectivity index (χ4n) is 3.87. The van der Waals surface area contributed by atoms with Crippen LogP contribution in [0.1, 0.15) is 40.2 Å². The number of aryl methyl sites for hydroxylation is 3. The third kappa shape index (κ3) is 5.15. The number of carbonyl (C=O) groups is 1. The Morgan fingerprint density at radius 1 is 1.06 bits per heavy atom. The summed E-state index contributed by atoms with van der Waals surface area (Å²) in [6, 6.07) is 7.80. The van der Waals surface area contributed by atoms with Gasteiger partial charge in [0.05, 0.1) is 23.2 Å². The molecule has 0 radical (unpaired) electrons. The van der Waals surface area contributed by atoms with E-state index in [0.717, 1.165) is 12.1 Å². The zero-order valence-electron chi connectivity index (χ0n) is 19.0. The lowest BCUT2D eigenvalue weighted by Gasteiger charge is -2.09. The highest BCUT2D eigenvalue weighted by molar-refractivity contribution is 5.91. The number of alkyl halides is 5. The summed E-state index contributed by atoms with van der Waals surface area (Å²) in [7, 11) is 0. The maximum Gasteiger partial charge on any atom is 0.416 e. The van der Waals surface area contributed by atoms with Crippen molar-refractivity contribution in [3.05, 3.63) is 70.2 Å². The number of halogens is 5. The van der Waals surface area contributed by atoms with Gasteiger partial charge in [-0.1, -0.05) is 12.1 Å². The van der Waals surface area contributed by atoms with Gasteiger partial charge in [0, 0.05) is 23.0 Å². The molecule has 0 aliphatic rings. The molecule has 0 aliphatic heterocycles. The molecule has 0 aliphatic carbocycles. The minimum Gasteiger partial charge on any atom is -0.308 e. The quantitative estimate of drug-likeness (QED) is 0.376. The van der Waals surface area contributed by atoms with E-state index >= 15 is 0 Å². The van der Waals surface area contributed by atoms with E-state index in [2.05, 4.69) is 20.5 Å². The molecule has 184 valence electrons. The number of nitrogens with one attached hydrogen (secondary N) is 1. The molecule has 0 fully saturated rings. The molecule has 1 aromatic carbocycles. The van der Waals surface area contributed by atoms with Crippen LogP contribution in [0.2, 0.25) is 0 Å². The molecule has 0 saturated carbocycles. The SMILES string of the molecule is Cc1cc(C(F)F)c2c(C)nn(CC(=O)Nc3cc(C)n(Cc4cccc(C(F)(F)F)c4)n3)c2n1. The van der Waals surface area contributed by atoms with Gasteiger partial charge < -0.3 is 5.32 Å². The number of aromatic nitrogens is 5. The second kappa shape index (κ2) is 9.08. The predicted molar refractivity (Wildman–Crippen MR) is 118 cm³/mol. The van der Waals surface area contributed by atoms with Crippen molar-refractivity contribution in [2.45, 2.75) is 46.5 Å². The van der Waals surface area contributed by atoms with E-state index in [4.69, 9.17) is 0 Å². The predicted octanol–water partition coefficient (Wildman–Crippen LogP) is 5.20. The highest BCUT2D eigenvalue weighted by Gasteiger charge is 2.30. The molecule has 7 nitrogen and oxygen atoms in total. The van der Waals surface area contributed by atoms with Gasteiger partial charge in [-0.15, -0.1) is 0 Å². The zero-order valence-corrected chi connectivity index (χ0v) is 19.0. The van der Waals surface area contributed by atoms with E-state index in [1.165, 1.54) is 21.5 Å². The third-order valence-electron chi connectivity index (χ3n) is 5.40. The number of rotatable bonds is 6. The van der Waals surface area contributed by atoms with Gasteiger partial charge in [0.25, 0.3) is 6.43 Å². The molecule has 0 saturated heterocycles. The number of amides is 1. The van der Waals surface area contributed by atoms with Crippen molar-refractivity contribution in [1.29, 1.82) is 0 Å². The van der Waals surface area contributed by atoms with Crippen molar-refractivity contribution < 1.29 is 26.7 Å². The van der Waals surface area contributed by atoms with Crippen molar-refractivity contribution in [2.75, 3.05) is 5.32 Å². The number of hydrogen-bond acceptors (Lipinski definition) is 4. The monoisotopic (exact) mass is 492 g/mol. The van der Waals surface area contributed by atoms with E-state index in [1.54, 1.807) is 32.9 Å². The summed E-state index contributed by atoms with van der Waals surface area (Å²) >= 11 is 0. The smallest absolute Gasteiger partial charge is 0.308 e. The molecule has 1 amide bonds. The Bertz CT molecular complexity index is 1410. The van der Waals surface area contributed by atoms with Gasteiger partial charge in [0.2, 0.25) is 5.91 Å². The summed E-state index contributed by atoms with van der Waals surface area (Å²) in [4.78, 5) is 16.9. The van der Waals surface area contributed by atoms with Gasteiger partial charge in [-0.3, -0.25) is 9.48 Å². The van der Waals surface area contributed by atoms with Crippen LogP contribution in [0.25, 0.3) is 11.0 Å².